The number of aromatic nitrogens is 5. The number of carbonyl (C=O) groups is 1. The number of anilines is 1. The zero-order chi connectivity index (χ0) is 22.8. The van der Waals surface area contributed by atoms with Gasteiger partial charge in [0.15, 0.2) is 5.13 Å². The maximum Gasteiger partial charge on any atom is 0.251 e. The van der Waals surface area contributed by atoms with Gasteiger partial charge in [0.1, 0.15) is 5.75 Å². The third kappa shape index (κ3) is 4.38. The molecule has 1 amide bonds. The number of benzene rings is 1. The van der Waals surface area contributed by atoms with E-state index in [4.69, 9.17) is 4.74 Å². The second-order valence-corrected chi connectivity index (χ2v) is 8.33. The van der Waals surface area contributed by atoms with Gasteiger partial charge in [0.05, 0.1) is 24.9 Å². The van der Waals surface area contributed by atoms with Gasteiger partial charge in [-0.3, -0.25) is 4.79 Å². The van der Waals surface area contributed by atoms with Crippen molar-refractivity contribution in [2.24, 2.45) is 0 Å². The van der Waals surface area contributed by atoms with Gasteiger partial charge in [-0.25, -0.2) is 19.6 Å². The molecule has 1 aromatic carbocycles. The van der Waals surface area contributed by atoms with Crippen molar-refractivity contribution in [2.75, 3.05) is 12.4 Å². The van der Waals surface area contributed by atoms with Gasteiger partial charge in [0, 0.05) is 33.6 Å². The summed E-state index contributed by atoms with van der Waals surface area (Å²) < 4.78 is 7.10. The highest BCUT2D eigenvalue weighted by Gasteiger charge is 2.19. The van der Waals surface area contributed by atoms with Gasteiger partial charge >= 0.3 is 0 Å². The number of thiazole rings is 1. The quantitative estimate of drug-likeness (QED) is 0.475. The van der Waals surface area contributed by atoms with E-state index in [-0.39, 0.29) is 12.3 Å². The molecule has 4 aromatic rings. The van der Waals surface area contributed by atoms with Gasteiger partial charge in [-0.1, -0.05) is 12.1 Å². The Labute approximate surface area is 190 Å². The fraction of sp³-hybridized carbons (Fsp3) is 0.261. The Morgan fingerprint density at radius 1 is 1.09 bits per heavy atom. The predicted molar refractivity (Wildman–Crippen MR) is 125 cm³/mol. The molecule has 0 spiro atoms. The normalized spacial score (nSPS) is 10.9. The number of amides is 1. The molecular formula is C23H24N6O2S. The third-order valence-electron chi connectivity index (χ3n) is 5.07. The fourth-order valence-electron chi connectivity index (χ4n) is 3.56. The van der Waals surface area contributed by atoms with E-state index in [0.29, 0.717) is 11.1 Å². The van der Waals surface area contributed by atoms with Crippen LogP contribution in [-0.2, 0) is 11.2 Å². The molecule has 0 aliphatic carbocycles. The molecule has 1 N–H and O–H groups in total. The summed E-state index contributed by atoms with van der Waals surface area (Å²) in [5.41, 5.74) is 5.85. The van der Waals surface area contributed by atoms with Crippen LogP contribution in [0, 0.1) is 27.7 Å². The smallest absolute Gasteiger partial charge is 0.251 e. The summed E-state index contributed by atoms with van der Waals surface area (Å²) in [7, 11) is 1.63. The first-order valence-electron chi connectivity index (χ1n) is 10.1. The van der Waals surface area contributed by atoms with E-state index in [0.717, 1.165) is 45.3 Å². The van der Waals surface area contributed by atoms with Crippen molar-refractivity contribution in [3.8, 4) is 23.0 Å². The topological polar surface area (TPSA) is 94.8 Å². The maximum atomic E-state index is 12.8. The third-order valence-corrected chi connectivity index (χ3v) is 5.83. The lowest BCUT2D eigenvalue weighted by atomic mass is 10.1. The number of para-hydroxylation sites is 1. The number of hydrogen-bond acceptors (Lipinski definition) is 7. The Hall–Kier alpha value is -3.59. The first-order chi connectivity index (χ1) is 15.4. The van der Waals surface area contributed by atoms with Crippen LogP contribution >= 0.6 is 11.3 Å². The highest BCUT2D eigenvalue weighted by molar-refractivity contribution is 7.14. The van der Waals surface area contributed by atoms with Crippen LogP contribution in [0.2, 0.25) is 0 Å². The van der Waals surface area contributed by atoms with Crippen LogP contribution in [0.25, 0.3) is 17.2 Å². The molecule has 4 rings (SSSR count). The van der Waals surface area contributed by atoms with Crippen LogP contribution in [-0.4, -0.2) is 37.7 Å². The predicted octanol–water partition coefficient (Wildman–Crippen LogP) is 4.21. The van der Waals surface area contributed by atoms with Crippen LogP contribution in [0.5, 0.6) is 5.75 Å². The zero-order valence-electron chi connectivity index (χ0n) is 18.6. The zero-order valence-corrected chi connectivity index (χ0v) is 19.4. The molecule has 0 atom stereocenters. The minimum Gasteiger partial charge on any atom is -0.496 e. The fourth-order valence-corrected chi connectivity index (χ4v) is 4.29. The van der Waals surface area contributed by atoms with Crippen molar-refractivity contribution in [1.82, 2.24) is 24.7 Å². The average Bonchev–Trinajstić information content (AvgIpc) is 3.32. The number of nitrogens with zero attached hydrogens (tertiary/aromatic N) is 5. The van der Waals surface area contributed by atoms with Crippen LogP contribution < -0.4 is 10.1 Å². The molecule has 164 valence electrons. The standard InChI is InChI=1S/C23H24N6O2S/c1-13-10-14(2)25-22(24-13)29-16(4)18(15(3)28-29)11-21(30)27-23-26-19(12-32-23)17-8-6-7-9-20(17)31-5/h6-10,12H,11H2,1-5H3,(H,26,27,30). The van der Waals surface area contributed by atoms with E-state index in [1.54, 1.807) is 11.8 Å². The molecule has 3 heterocycles. The number of methoxy groups -OCH3 is 1. The minimum atomic E-state index is -0.155. The molecule has 0 fully saturated rings. The molecular weight excluding hydrogens is 424 g/mol. The van der Waals surface area contributed by atoms with Crippen molar-refractivity contribution < 1.29 is 9.53 Å². The average molecular weight is 449 g/mol. The molecule has 0 saturated heterocycles. The lowest BCUT2D eigenvalue weighted by Gasteiger charge is -2.06. The summed E-state index contributed by atoms with van der Waals surface area (Å²) in [6.45, 7) is 7.65. The summed E-state index contributed by atoms with van der Waals surface area (Å²) in [6, 6.07) is 9.57. The summed E-state index contributed by atoms with van der Waals surface area (Å²) in [5.74, 6) is 1.09. The summed E-state index contributed by atoms with van der Waals surface area (Å²) in [5, 5.41) is 9.91. The molecule has 0 bridgehead atoms. The van der Waals surface area contributed by atoms with E-state index < -0.39 is 0 Å². The Morgan fingerprint density at radius 2 is 1.81 bits per heavy atom. The molecule has 0 aliphatic rings. The van der Waals surface area contributed by atoms with Gasteiger partial charge < -0.3 is 10.1 Å². The molecule has 0 aliphatic heterocycles. The second-order valence-electron chi connectivity index (χ2n) is 7.48. The van der Waals surface area contributed by atoms with Crippen molar-refractivity contribution in [3.05, 3.63) is 64.1 Å². The van der Waals surface area contributed by atoms with Crippen LogP contribution in [0.15, 0.2) is 35.7 Å². The van der Waals surface area contributed by atoms with E-state index in [1.807, 2.05) is 63.4 Å². The second kappa shape index (κ2) is 8.88. The van der Waals surface area contributed by atoms with E-state index in [1.165, 1.54) is 11.3 Å². The number of carbonyl (C=O) groups excluding carboxylic acids is 1. The molecule has 0 radical (unpaired) electrons. The monoisotopic (exact) mass is 448 g/mol. The maximum absolute atomic E-state index is 12.8. The Balaban J connectivity index is 1.52. The van der Waals surface area contributed by atoms with E-state index in [9.17, 15) is 4.79 Å². The van der Waals surface area contributed by atoms with Crippen LogP contribution in [0.4, 0.5) is 5.13 Å². The minimum absolute atomic E-state index is 0.155. The van der Waals surface area contributed by atoms with Crippen molar-refractivity contribution in [1.29, 1.82) is 0 Å². The lowest BCUT2D eigenvalue weighted by Crippen LogP contribution is -2.15. The first kappa shape index (κ1) is 21.6. The number of hydrogen-bond donors (Lipinski definition) is 1. The molecule has 0 saturated carbocycles. The largest absolute Gasteiger partial charge is 0.496 e. The highest BCUT2D eigenvalue weighted by Crippen LogP contribution is 2.32. The molecule has 8 nitrogen and oxygen atoms in total. The molecule has 0 unspecified atom stereocenters. The summed E-state index contributed by atoms with van der Waals surface area (Å²) in [4.78, 5) is 26.3. The SMILES string of the molecule is COc1ccccc1-c1csc(NC(=O)Cc2c(C)nn(-c3nc(C)cc(C)n3)c2C)n1. The first-order valence-corrected chi connectivity index (χ1v) is 11.0. The van der Waals surface area contributed by atoms with Gasteiger partial charge in [-0.2, -0.15) is 5.10 Å². The lowest BCUT2D eigenvalue weighted by molar-refractivity contribution is -0.115. The van der Waals surface area contributed by atoms with Gasteiger partial charge in [-0.05, 0) is 45.9 Å². The van der Waals surface area contributed by atoms with E-state index in [2.05, 4.69) is 25.4 Å². The number of aryl methyl sites for hydroxylation is 3. The number of rotatable bonds is 6. The Morgan fingerprint density at radius 3 is 2.53 bits per heavy atom. The molecule has 9 heteroatoms. The van der Waals surface area contributed by atoms with Crippen molar-refractivity contribution in [2.45, 2.75) is 34.1 Å². The Kier molecular flexibility index (Phi) is 6.00. The highest BCUT2D eigenvalue weighted by atomic mass is 32.1. The molecule has 32 heavy (non-hydrogen) atoms. The number of ether oxygens (including phenoxy) is 1. The van der Waals surface area contributed by atoms with Crippen LogP contribution in [0.1, 0.15) is 28.3 Å². The Bertz CT molecular complexity index is 1270. The van der Waals surface area contributed by atoms with E-state index >= 15 is 0 Å². The van der Waals surface area contributed by atoms with Gasteiger partial charge in [-0.15, -0.1) is 11.3 Å². The van der Waals surface area contributed by atoms with Crippen molar-refractivity contribution >= 4 is 22.4 Å². The summed E-state index contributed by atoms with van der Waals surface area (Å²) in [6.07, 6.45) is 0.187. The van der Waals surface area contributed by atoms with Crippen LogP contribution in [0.3, 0.4) is 0 Å². The van der Waals surface area contributed by atoms with Crippen molar-refractivity contribution in [3.63, 3.8) is 0 Å². The summed E-state index contributed by atoms with van der Waals surface area (Å²) >= 11 is 1.38. The van der Waals surface area contributed by atoms with Gasteiger partial charge in [0.2, 0.25) is 5.91 Å². The van der Waals surface area contributed by atoms with Gasteiger partial charge in [0.25, 0.3) is 5.95 Å². The molecule has 3 aromatic heterocycles. The number of nitrogens with one attached hydrogen (secondary N) is 1.